The molecular formula is C19H27N3O4S2. The molecule has 0 amide bonds. The molecule has 0 saturated carbocycles. The largest absolute Gasteiger partial charge is 0.495 e. The minimum atomic E-state index is -3.69. The Morgan fingerprint density at radius 3 is 2.61 bits per heavy atom. The second-order valence-corrected chi connectivity index (χ2v) is 9.93. The van der Waals surface area contributed by atoms with Gasteiger partial charge in [0.25, 0.3) is 0 Å². The van der Waals surface area contributed by atoms with Crippen LogP contribution in [0.4, 0.5) is 0 Å². The lowest BCUT2D eigenvalue weighted by molar-refractivity contribution is 0.0341. The molecule has 1 aromatic carbocycles. The Bertz CT molecular complexity index is 921. The number of thiazole rings is 1. The summed E-state index contributed by atoms with van der Waals surface area (Å²) in [5.74, 6) is 0.362. The fourth-order valence-electron chi connectivity index (χ4n) is 3.05. The van der Waals surface area contributed by atoms with Crippen LogP contribution in [0.3, 0.4) is 0 Å². The molecule has 0 spiro atoms. The number of methoxy groups -OCH3 is 1. The first-order chi connectivity index (χ1) is 13.3. The summed E-state index contributed by atoms with van der Waals surface area (Å²) in [6.07, 6.45) is 0. The third kappa shape index (κ3) is 4.72. The Kier molecular flexibility index (Phi) is 6.72. The molecule has 1 aliphatic heterocycles. The summed E-state index contributed by atoms with van der Waals surface area (Å²) in [6.45, 7) is 8.11. The van der Waals surface area contributed by atoms with Gasteiger partial charge in [-0.15, -0.1) is 11.3 Å². The van der Waals surface area contributed by atoms with Crippen molar-refractivity contribution in [3.63, 3.8) is 0 Å². The van der Waals surface area contributed by atoms with Crippen LogP contribution in [0.2, 0.25) is 0 Å². The zero-order valence-corrected chi connectivity index (χ0v) is 18.4. The van der Waals surface area contributed by atoms with E-state index in [0.29, 0.717) is 5.75 Å². The molecule has 1 fully saturated rings. The van der Waals surface area contributed by atoms with Crippen molar-refractivity contribution in [2.24, 2.45) is 0 Å². The van der Waals surface area contributed by atoms with E-state index in [1.807, 2.05) is 19.2 Å². The van der Waals surface area contributed by atoms with Crippen LogP contribution in [0.25, 0.3) is 0 Å². The molecule has 28 heavy (non-hydrogen) atoms. The Labute approximate surface area is 170 Å². The highest BCUT2D eigenvalue weighted by atomic mass is 32.2. The van der Waals surface area contributed by atoms with Gasteiger partial charge in [-0.2, -0.15) is 4.31 Å². The molecular weight excluding hydrogens is 398 g/mol. The molecule has 9 heteroatoms. The third-order valence-corrected chi connectivity index (χ3v) is 7.62. The number of aromatic nitrogens is 1. The maximum atomic E-state index is 13.1. The van der Waals surface area contributed by atoms with E-state index >= 15 is 0 Å². The summed E-state index contributed by atoms with van der Waals surface area (Å²) in [5, 5.41) is 2.92. The van der Waals surface area contributed by atoms with E-state index in [9.17, 15) is 8.42 Å². The minimum Gasteiger partial charge on any atom is -0.495 e. The predicted molar refractivity (Wildman–Crippen MR) is 109 cm³/mol. The van der Waals surface area contributed by atoms with Gasteiger partial charge < -0.3 is 9.47 Å². The molecule has 0 bridgehead atoms. The Morgan fingerprint density at radius 2 is 1.93 bits per heavy atom. The number of morpholine rings is 1. The number of aryl methyl sites for hydroxylation is 2. The van der Waals surface area contributed by atoms with Crippen LogP contribution in [0, 0.1) is 13.8 Å². The van der Waals surface area contributed by atoms with Crippen LogP contribution in [-0.2, 0) is 27.8 Å². The quantitative estimate of drug-likeness (QED) is 0.678. The number of benzene rings is 1. The van der Waals surface area contributed by atoms with Gasteiger partial charge in [0, 0.05) is 25.5 Å². The van der Waals surface area contributed by atoms with Gasteiger partial charge in [-0.25, -0.2) is 13.4 Å². The van der Waals surface area contributed by atoms with E-state index in [1.54, 1.807) is 30.5 Å². The average molecular weight is 426 g/mol. The highest BCUT2D eigenvalue weighted by molar-refractivity contribution is 7.89. The van der Waals surface area contributed by atoms with Crippen molar-refractivity contribution in [1.82, 2.24) is 14.2 Å². The number of ether oxygens (including phenoxy) is 2. The van der Waals surface area contributed by atoms with Crippen LogP contribution < -0.4 is 4.74 Å². The van der Waals surface area contributed by atoms with E-state index in [2.05, 4.69) is 9.88 Å². The summed E-state index contributed by atoms with van der Waals surface area (Å²) in [6, 6.07) is 3.43. The van der Waals surface area contributed by atoms with E-state index in [-0.39, 0.29) is 11.4 Å². The summed E-state index contributed by atoms with van der Waals surface area (Å²) < 4.78 is 38.2. The van der Waals surface area contributed by atoms with Gasteiger partial charge >= 0.3 is 0 Å². The maximum absolute atomic E-state index is 13.1. The zero-order chi connectivity index (χ0) is 20.3. The van der Waals surface area contributed by atoms with Crippen molar-refractivity contribution in [1.29, 1.82) is 0 Å². The first-order valence-corrected chi connectivity index (χ1v) is 11.5. The van der Waals surface area contributed by atoms with E-state index < -0.39 is 10.0 Å². The summed E-state index contributed by atoms with van der Waals surface area (Å²) >= 11 is 1.56. The average Bonchev–Trinajstić information content (AvgIpc) is 3.11. The SMILES string of the molecule is COc1cc(C)c(C)cc1S(=O)(=O)N(C)Cc1csc(CN2CCOCC2)n1. The summed E-state index contributed by atoms with van der Waals surface area (Å²) in [4.78, 5) is 7.11. The number of hydrogen-bond acceptors (Lipinski definition) is 7. The lowest BCUT2D eigenvalue weighted by Crippen LogP contribution is -2.35. The molecule has 2 heterocycles. The van der Waals surface area contributed by atoms with Crippen LogP contribution in [0.5, 0.6) is 5.75 Å². The molecule has 0 aliphatic carbocycles. The minimum absolute atomic E-state index is 0.185. The van der Waals surface area contributed by atoms with Gasteiger partial charge in [0.1, 0.15) is 15.7 Å². The normalized spacial score (nSPS) is 15.9. The first kappa shape index (κ1) is 21.2. The molecule has 1 aromatic heterocycles. The molecule has 1 saturated heterocycles. The van der Waals surface area contributed by atoms with Gasteiger partial charge in [0.05, 0.1) is 39.1 Å². The molecule has 2 aromatic rings. The molecule has 0 atom stereocenters. The Balaban J connectivity index is 1.73. The topological polar surface area (TPSA) is 72.0 Å². The van der Waals surface area contributed by atoms with Crippen LogP contribution in [0.15, 0.2) is 22.4 Å². The first-order valence-electron chi connectivity index (χ1n) is 9.16. The van der Waals surface area contributed by atoms with Gasteiger partial charge in [-0.1, -0.05) is 0 Å². The fraction of sp³-hybridized carbons (Fsp3) is 0.526. The number of rotatable bonds is 7. The third-order valence-electron chi connectivity index (χ3n) is 4.91. The summed E-state index contributed by atoms with van der Waals surface area (Å²) in [5.41, 5.74) is 2.65. The predicted octanol–water partition coefficient (Wildman–Crippen LogP) is 2.42. The fourth-order valence-corrected chi connectivity index (χ4v) is 5.24. The van der Waals surface area contributed by atoms with Crippen molar-refractivity contribution in [2.45, 2.75) is 31.8 Å². The van der Waals surface area contributed by atoms with E-state index in [4.69, 9.17) is 9.47 Å². The van der Waals surface area contributed by atoms with Crippen molar-refractivity contribution in [3.05, 3.63) is 39.3 Å². The van der Waals surface area contributed by atoms with Gasteiger partial charge in [0.15, 0.2) is 0 Å². The second kappa shape index (κ2) is 8.87. The lowest BCUT2D eigenvalue weighted by Gasteiger charge is -2.25. The molecule has 3 rings (SSSR count). The molecule has 0 N–H and O–H groups in total. The molecule has 0 radical (unpaired) electrons. The summed E-state index contributed by atoms with van der Waals surface area (Å²) in [7, 11) is -0.629. The Morgan fingerprint density at radius 1 is 1.25 bits per heavy atom. The van der Waals surface area contributed by atoms with Gasteiger partial charge in [-0.05, 0) is 37.1 Å². The number of nitrogens with zero attached hydrogens (tertiary/aromatic N) is 3. The number of sulfonamides is 1. The standard InChI is InChI=1S/C19H27N3O4S2/c1-14-9-17(25-4)18(10-15(14)2)28(23,24)21(3)11-16-13-27-19(20-16)12-22-5-7-26-8-6-22/h9-10,13H,5-8,11-12H2,1-4H3. The second-order valence-electron chi connectivity index (χ2n) is 6.97. The lowest BCUT2D eigenvalue weighted by atomic mass is 10.1. The van der Waals surface area contributed by atoms with Crippen molar-refractivity contribution in [2.75, 3.05) is 40.5 Å². The number of hydrogen-bond donors (Lipinski definition) is 0. The van der Waals surface area contributed by atoms with Crippen molar-refractivity contribution < 1.29 is 17.9 Å². The van der Waals surface area contributed by atoms with Crippen molar-refractivity contribution in [3.8, 4) is 5.75 Å². The van der Waals surface area contributed by atoms with Crippen molar-refractivity contribution >= 4 is 21.4 Å². The molecule has 154 valence electrons. The zero-order valence-electron chi connectivity index (χ0n) is 16.8. The van der Waals surface area contributed by atoms with E-state index in [1.165, 1.54) is 11.4 Å². The molecule has 0 unspecified atom stereocenters. The maximum Gasteiger partial charge on any atom is 0.246 e. The van der Waals surface area contributed by atoms with Gasteiger partial charge in [-0.3, -0.25) is 4.90 Å². The smallest absolute Gasteiger partial charge is 0.246 e. The highest BCUT2D eigenvalue weighted by Gasteiger charge is 2.26. The van der Waals surface area contributed by atoms with Crippen LogP contribution in [-0.4, -0.2) is 63.1 Å². The molecule has 7 nitrogen and oxygen atoms in total. The van der Waals surface area contributed by atoms with Gasteiger partial charge in [0.2, 0.25) is 10.0 Å². The van der Waals surface area contributed by atoms with E-state index in [0.717, 1.165) is 54.7 Å². The monoisotopic (exact) mass is 425 g/mol. The molecule has 1 aliphatic rings. The van der Waals surface area contributed by atoms with Crippen LogP contribution >= 0.6 is 11.3 Å². The highest BCUT2D eigenvalue weighted by Crippen LogP contribution is 2.30. The van der Waals surface area contributed by atoms with Crippen LogP contribution in [0.1, 0.15) is 21.8 Å². The Hall–Kier alpha value is -1.52.